The molecule has 0 heterocycles. The molecule has 0 saturated carbocycles. The second kappa shape index (κ2) is 3.94. The summed E-state index contributed by atoms with van der Waals surface area (Å²) in [7, 11) is 0. The minimum absolute atomic E-state index is 0.794. The van der Waals surface area contributed by atoms with Gasteiger partial charge in [0.2, 0.25) is 0 Å². The predicted octanol–water partition coefficient (Wildman–Crippen LogP) is 2.71. The second-order valence-corrected chi connectivity index (χ2v) is 1.61. The first kappa shape index (κ1) is 6.77. The van der Waals surface area contributed by atoms with E-state index in [1.807, 2.05) is 32.1 Å². The van der Waals surface area contributed by atoms with Crippen molar-refractivity contribution < 1.29 is 0 Å². The average Bonchev–Trinajstić information content (AvgIpc) is 1.68. The fourth-order valence-electron chi connectivity index (χ4n) is 0.255. The third-order valence-electron chi connectivity index (χ3n) is 0.602. The Kier molecular flexibility index (Phi) is 3.81. The quantitative estimate of drug-likeness (QED) is 0.462. The largest absolute Gasteiger partial charge is 0.0862 e. The van der Waals surface area contributed by atoms with E-state index in [9.17, 15) is 0 Å². The lowest BCUT2D eigenvalue weighted by atomic mass is 10.4. The van der Waals surface area contributed by atoms with Crippen LogP contribution in [-0.4, -0.2) is 0 Å². The van der Waals surface area contributed by atoms with Crippen molar-refractivity contribution in [1.29, 1.82) is 0 Å². The van der Waals surface area contributed by atoms with Gasteiger partial charge in [-0.05, 0) is 19.9 Å². The van der Waals surface area contributed by atoms with E-state index in [-0.39, 0.29) is 0 Å². The SMILES string of the molecule is CC=CC(Cl)=CC. The Morgan fingerprint density at radius 3 is 2.14 bits per heavy atom. The van der Waals surface area contributed by atoms with Crippen molar-refractivity contribution in [2.24, 2.45) is 0 Å². The summed E-state index contributed by atoms with van der Waals surface area (Å²) in [5.74, 6) is 0. The van der Waals surface area contributed by atoms with Crippen LogP contribution in [0.15, 0.2) is 23.3 Å². The Morgan fingerprint density at radius 2 is 2.00 bits per heavy atom. The molecule has 0 aliphatic heterocycles. The lowest BCUT2D eigenvalue weighted by molar-refractivity contribution is 1.65. The Balaban J connectivity index is 3.58. The van der Waals surface area contributed by atoms with E-state index in [0.717, 1.165) is 5.03 Å². The zero-order chi connectivity index (χ0) is 5.70. The van der Waals surface area contributed by atoms with Gasteiger partial charge < -0.3 is 0 Å². The van der Waals surface area contributed by atoms with Crippen molar-refractivity contribution in [1.82, 2.24) is 0 Å². The van der Waals surface area contributed by atoms with Crippen LogP contribution in [0, 0.1) is 0 Å². The predicted molar refractivity (Wildman–Crippen MR) is 34.4 cm³/mol. The van der Waals surface area contributed by atoms with Crippen molar-refractivity contribution in [3.05, 3.63) is 23.3 Å². The summed E-state index contributed by atoms with van der Waals surface area (Å²) in [6, 6.07) is 0. The van der Waals surface area contributed by atoms with Crippen LogP contribution in [0.1, 0.15) is 13.8 Å². The summed E-state index contributed by atoms with van der Waals surface area (Å²) < 4.78 is 0. The second-order valence-electron chi connectivity index (χ2n) is 1.17. The van der Waals surface area contributed by atoms with Gasteiger partial charge in [-0.25, -0.2) is 0 Å². The molecule has 7 heavy (non-hydrogen) atoms. The van der Waals surface area contributed by atoms with Crippen LogP contribution < -0.4 is 0 Å². The maximum atomic E-state index is 5.54. The lowest BCUT2D eigenvalue weighted by Gasteiger charge is -1.78. The molecule has 0 saturated heterocycles. The highest BCUT2D eigenvalue weighted by atomic mass is 35.5. The summed E-state index contributed by atoms with van der Waals surface area (Å²) in [5, 5.41) is 0.794. The van der Waals surface area contributed by atoms with Gasteiger partial charge in [-0.1, -0.05) is 23.8 Å². The van der Waals surface area contributed by atoms with E-state index < -0.39 is 0 Å². The molecule has 0 nitrogen and oxygen atoms in total. The van der Waals surface area contributed by atoms with Crippen molar-refractivity contribution >= 4 is 11.6 Å². The first-order valence-corrected chi connectivity index (χ1v) is 2.63. The Bertz CT molecular complexity index is 90.4. The van der Waals surface area contributed by atoms with E-state index in [1.165, 1.54) is 0 Å². The number of allylic oxidation sites excluding steroid dienone is 4. The van der Waals surface area contributed by atoms with Gasteiger partial charge in [0.25, 0.3) is 0 Å². The van der Waals surface area contributed by atoms with E-state index in [2.05, 4.69) is 0 Å². The van der Waals surface area contributed by atoms with Crippen LogP contribution in [-0.2, 0) is 0 Å². The van der Waals surface area contributed by atoms with Gasteiger partial charge in [-0.2, -0.15) is 0 Å². The molecular weight excluding hydrogens is 108 g/mol. The number of halogens is 1. The fraction of sp³-hybridized carbons (Fsp3) is 0.333. The van der Waals surface area contributed by atoms with Crippen molar-refractivity contribution in [2.45, 2.75) is 13.8 Å². The molecule has 0 fully saturated rings. The van der Waals surface area contributed by atoms with Gasteiger partial charge in [0, 0.05) is 5.03 Å². The highest BCUT2D eigenvalue weighted by Crippen LogP contribution is 2.00. The summed E-state index contributed by atoms with van der Waals surface area (Å²) in [6.45, 7) is 3.84. The van der Waals surface area contributed by atoms with Crippen LogP contribution in [0.5, 0.6) is 0 Å². The Labute approximate surface area is 49.5 Å². The summed E-state index contributed by atoms with van der Waals surface area (Å²) >= 11 is 5.54. The van der Waals surface area contributed by atoms with Crippen LogP contribution in [0.25, 0.3) is 0 Å². The van der Waals surface area contributed by atoms with Crippen LogP contribution in [0.3, 0.4) is 0 Å². The molecule has 0 aliphatic rings. The summed E-state index contributed by atoms with van der Waals surface area (Å²) in [5.41, 5.74) is 0. The third-order valence-corrected chi connectivity index (χ3v) is 0.946. The highest BCUT2D eigenvalue weighted by molar-refractivity contribution is 6.31. The normalized spacial score (nSPS) is 13.3. The number of hydrogen-bond acceptors (Lipinski definition) is 0. The molecule has 40 valence electrons. The zero-order valence-electron chi connectivity index (χ0n) is 4.61. The maximum Gasteiger partial charge on any atom is 0.0360 e. The first-order valence-electron chi connectivity index (χ1n) is 2.25. The Morgan fingerprint density at radius 1 is 1.43 bits per heavy atom. The number of rotatable bonds is 1. The van der Waals surface area contributed by atoms with Crippen molar-refractivity contribution in [3.8, 4) is 0 Å². The van der Waals surface area contributed by atoms with E-state index in [0.29, 0.717) is 0 Å². The number of hydrogen-bond donors (Lipinski definition) is 0. The van der Waals surface area contributed by atoms with Gasteiger partial charge in [0.05, 0.1) is 0 Å². The van der Waals surface area contributed by atoms with E-state index in [1.54, 1.807) is 0 Å². The molecule has 0 amide bonds. The molecule has 1 heteroatoms. The molecule has 0 aliphatic carbocycles. The molecule has 0 N–H and O–H groups in total. The molecular formula is C6H9Cl. The van der Waals surface area contributed by atoms with Crippen LogP contribution in [0.4, 0.5) is 0 Å². The molecule has 0 atom stereocenters. The average molecular weight is 117 g/mol. The van der Waals surface area contributed by atoms with Crippen LogP contribution >= 0.6 is 11.6 Å². The fourth-order valence-corrected chi connectivity index (χ4v) is 0.381. The van der Waals surface area contributed by atoms with Gasteiger partial charge >= 0.3 is 0 Å². The zero-order valence-corrected chi connectivity index (χ0v) is 5.37. The van der Waals surface area contributed by atoms with Gasteiger partial charge in [0.15, 0.2) is 0 Å². The summed E-state index contributed by atoms with van der Waals surface area (Å²) in [6.07, 6.45) is 5.60. The smallest absolute Gasteiger partial charge is 0.0360 e. The van der Waals surface area contributed by atoms with Gasteiger partial charge in [-0.3, -0.25) is 0 Å². The van der Waals surface area contributed by atoms with Crippen molar-refractivity contribution in [3.63, 3.8) is 0 Å². The molecule has 0 radical (unpaired) electrons. The highest BCUT2D eigenvalue weighted by Gasteiger charge is 1.73. The molecule has 0 aromatic carbocycles. The summed E-state index contributed by atoms with van der Waals surface area (Å²) in [4.78, 5) is 0. The van der Waals surface area contributed by atoms with E-state index >= 15 is 0 Å². The first-order chi connectivity index (χ1) is 3.31. The van der Waals surface area contributed by atoms with Crippen molar-refractivity contribution in [2.75, 3.05) is 0 Å². The molecule has 0 unspecified atom stereocenters. The molecule has 0 aromatic heterocycles. The standard InChI is InChI=1S/C6H9Cl/c1-3-5-6(7)4-2/h3-5H,1-2H3. The maximum absolute atomic E-state index is 5.54. The molecule has 0 bridgehead atoms. The van der Waals surface area contributed by atoms with Crippen LogP contribution in [0.2, 0.25) is 0 Å². The minimum atomic E-state index is 0.794. The molecule has 0 spiro atoms. The monoisotopic (exact) mass is 116 g/mol. The third kappa shape index (κ3) is 3.60. The topological polar surface area (TPSA) is 0 Å². The molecule has 0 aromatic rings. The van der Waals surface area contributed by atoms with Gasteiger partial charge in [-0.15, -0.1) is 0 Å². The molecule has 0 rings (SSSR count). The van der Waals surface area contributed by atoms with E-state index in [4.69, 9.17) is 11.6 Å². The Hall–Kier alpha value is -0.230. The minimum Gasteiger partial charge on any atom is -0.0862 e. The lowest BCUT2D eigenvalue weighted by Crippen LogP contribution is -1.54. The van der Waals surface area contributed by atoms with Gasteiger partial charge in [0.1, 0.15) is 0 Å².